The summed E-state index contributed by atoms with van der Waals surface area (Å²) in [5.74, 6) is -17.3. The van der Waals surface area contributed by atoms with Crippen LogP contribution in [0, 0.1) is 28.6 Å². The molecule has 4 rings (SSSR count). The average molecular weight is 1460 g/mol. The van der Waals surface area contributed by atoms with Gasteiger partial charge in [-0.2, -0.15) is 0 Å². The van der Waals surface area contributed by atoms with Crippen molar-refractivity contribution in [1.29, 1.82) is 5.41 Å². The third-order valence-electron chi connectivity index (χ3n) is 16.7. The summed E-state index contributed by atoms with van der Waals surface area (Å²) in [6, 6.07) is -1.57. The second-order valence-electron chi connectivity index (χ2n) is 27.4. The summed E-state index contributed by atoms with van der Waals surface area (Å²) in [6.45, 7) is 13.4. The number of guanidine groups is 1. The largest absolute Gasteiger partial charge is 0.445 e. The van der Waals surface area contributed by atoms with Crippen molar-refractivity contribution in [2.24, 2.45) is 34.6 Å². The SMILES string of the molecule is CC[C@H](C)[C@@H]1NC(=O)[C@@H](CCCNC(=N)N)NC(=O)[C@H](CC(C)C)NC(=O)[C@H]([C@H](O)C(C)C)NC(=O)[C@@H](NC(=O)[C@H](Cc2cccnc2)NC(=O)[C@@H](CC(C)(C)C)NC(=O)OCc2ccccc2)[C@@H](c2ccccc2)NC(=O)[C@H](CO)NC(=O)[C@H]([C@H](O)C(N)=O)NC(=O)CNC(=O)[C@H]([C@H](C)O)NC1=O. The number of aliphatic hydroxyl groups is 4. The normalized spacial score (nSPS) is 22.8. The molecule has 572 valence electrons. The van der Waals surface area contributed by atoms with Crippen LogP contribution in [-0.2, 0) is 75.3 Å². The summed E-state index contributed by atoms with van der Waals surface area (Å²) in [4.78, 5) is 192. The first-order chi connectivity index (χ1) is 48.9. The van der Waals surface area contributed by atoms with E-state index in [1.165, 1.54) is 62.6 Å². The second-order valence-corrected chi connectivity index (χ2v) is 27.4. The number of hydrogen-bond donors (Lipinski definition) is 20. The van der Waals surface area contributed by atoms with Gasteiger partial charge in [0.2, 0.25) is 70.9 Å². The molecule has 1 aliphatic heterocycles. The summed E-state index contributed by atoms with van der Waals surface area (Å²) >= 11 is 0. The van der Waals surface area contributed by atoms with E-state index in [0.29, 0.717) is 11.1 Å². The Kier molecular flexibility index (Phi) is 34.4. The molecule has 35 nitrogen and oxygen atoms in total. The molecule has 104 heavy (non-hydrogen) atoms. The Balaban J connectivity index is 2.02. The van der Waals surface area contributed by atoms with Gasteiger partial charge < -0.3 is 106 Å². The molecular formula is C69H103N17O18. The Bertz CT molecular complexity index is 3420. The summed E-state index contributed by atoms with van der Waals surface area (Å²) in [7, 11) is 0. The van der Waals surface area contributed by atoms with Crippen molar-refractivity contribution in [1.82, 2.24) is 74.1 Å². The van der Waals surface area contributed by atoms with Gasteiger partial charge in [0.25, 0.3) is 0 Å². The van der Waals surface area contributed by atoms with Gasteiger partial charge in [-0.25, -0.2) is 4.79 Å². The minimum atomic E-state index is -2.60. The van der Waals surface area contributed by atoms with Crippen LogP contribution in [0.15, 0.2) is 85.2 Å². The number of carbonyl (C=O) groups excluding carboxylic acids is 13. The number of hydrogen-bond acceptors (Lipinski definition) is 20. The van der Waals surface area contributed by atoms with E-state index >= 15 is 14.4 Å². The number of amides is 13. The van der Waals surface area contributed by atoms with Gasteiger partial charge in [-0.05, 0) is 78.5 Å². The predicted octanol–water partition coefficient (Wildman–Crippen LogP) is -3.70. The number of rotatable bonds is 25. The van der Waals surface area contributed by atoms with Crippen molar-refractivity contribution in [2.75, 3.05) is 19.7 Å². The summed E-state index contributed by atoms with van der Waals surface area (Å²) < 4.78 is 5.47. The predicted molar refractivity (Wildman–Crippen MR) is 376 cm³/mol. The zero-order valence-electron chi connectivity index (χ0n) is 60.1. The summed E-state index contributed by atoms with van der Waals surface area (Å²) in [5, 5.41) is 84.4. The van der Waals surface area contributed by atoms with Crippen LogP contribution in [0.25, 0.3) is 0 Å². The van der Waals surface area contributed by atoms with E-state index in [9.17, 15) is 68.4 Å². The topological polar surface area (TPSA) is 557 Å². The van der Waals surface area contributed by atoms with Gasteiger partial charge in [0.15, 0.2) is 12.1 Å². The first-order valence-corrected chi connectivity index (χ1v) is 34.2. The number of aliphatic hydroxyl groups excluding tert-OH is 4. The minimum absolute atomic E-state index is 0.00491. The lowest BCUT2D eigenvalue weighted by Gasteiger charge is -2.34. The maximum absolute atomic E-state index is 15.8. The monoisotopic (exact) mass is 1460 g/mol. The highest BCUT2D eigenvalue weighted by molar-refractivity contribution is 6.01. The van der Waals surface area contributed by atoms with Gasteiger partial charge in [0.1, 0.15) is 67.0 Å². The maximum atomic E-state index is 15.8. The van der Waals surface area contributed by atoms with Crippen molar-refractivity contribution >= 4 is 82.9 Å². The smallest absolute Gasteiger partial charge is 0.408 e. The fourth-order valence-corrected chi connectivity index (χ4v) is 10.8. The van der Waals surface area contributed by atoms with Gasteiger partial charge in [-0.3, -0.25) is 67.9 Å². The van der Waals surface area contributed by atoms with Crippen molar-refractivity contribution < 1.29 is 87.5 Å². The molecule has 35 heteroatoms. The molecule has 1 aromatic heterocycles. The molecule has 15 atom stereocenters. The molecule has 0 bridgehead atoms. The van der Waals surface area contributed by atoms with E-state index in [0.717, 1.165) is 6.92 Å². The van der Waals surface area contributed by atoms with Crippen LogP contribution in [0.3, 0.4) is 0 Å². The Morgan fingerprint density at radius 1 is 0.644 bits per heavy atom. The van der Waals surface area contributed by atoms with Gasteiger partial charge in [-0.15, -0.1) is 0 Å². The quantitative estimate of drug-likeness (QED) is 0.0220. The molecule has 0 aliphatic carbocycles. The first kappa shape index (κ1) is 86.0. The van der Waals surface area contributed by atoms with Gasteiger partial charge in [-0.1, -0.05) is 135 Å². The van der Waals surface area contributed by atoms with Crippen LogP contribution >= 0.6 is 0 Å². The highest BCUT2D eigenvalue weighted by atomic mass is 16.5. The van der Waals surface area contributed by atoms with Crippen LogP contribution in [0.1, 0.15) is 124 Å². The number of alkyl carbamates (subject to hydrolysis) is 1. The molecule has 13 amide bonds. The standard InChI is InChI=1S/C69H103N17O18/c1-11-37(6)48-63(99)83-49(38(7)88)62(98)75-32-47(89)81-53(55(91)56(70)92)66(102)79-46(33-87)61(97)84-50(41-23-16-13-17-24-41)51(64(100)86-52(54(90)36(4)5)65(101)78-43(28-35(2)3)58(94)76-42(57(93)82-48)25-19-27-74-67(71)72)85-59(95)44(29-40-22-18-26-73-31-40)77-60(96)45(30-69(8,9)10)80-68(103)104-34-39-20-14-12-15-21-39/h12-18,20-24,26,31,35-38,42-46,48-55,87-88,90-91H,11,19,25,27-30,32-34H2,1-10H3,(H2,70,92)(H,75,98)(H,76,94)(H,77,96)(H,78,101)(H,79,102)(H,80,103)(H,81,89)(H,82,93)(H,83,99)(H,84,97)(H,85,95)(H,86,100)(H4,71,72,74)/t37-,38-,42+,43-,44-,45+,46-,48-,49-,50+,51-,52-,53-,54+,55-/m0/s1. The third-order valence-corrected chi connectivity index (χ3v) is 16.7. The molecule has 1 fully saturated rings. The first-order valence-electron chi connectivity index (χ1n) is 34.2. The summed E-state index contributed by atoms with van der Waals surface area (Å²) in [5.41, 5.74) is 11.2. The fraction of sp³-hybridized carbons (Fsp3) is 0.551. The zero-order valence-corrected chi connectivity index (χ0v) is 60.1. The van der Waals surface area contributed by atoms with Crippen molar-refractivity contribution in [3.8, 4) is 0 Å². The van der Waals surface area contributed by atoms with Gasteiger partial charge in [0.05, 0.1) is 31.4 Å². The number of nitrogens with zero attached hydrogens (tertiary/aromatic N) is 1. The number of benzene rings is 2. The second kappa shape index (κ2) is 41.6. The number of nitrogens with one attached hydrogen (secondary N) is 14. The molecule has 3 aromatic rings. The Hall–Kier alpha value is -10.4. The molecule has 1 aliphatic rings. The van der Waals surface area contributed by atoms with Crippen LogP contribution in [-0.4, -0.2) is 207 Å². The Morgan fingerprint density at radius 3 is 1.78 bits per heavy atom. The van der Waals surface area contributed by atoms with Gasteiger partial charge in [0, 0.05) is 25.4 Å². The summed E-state index contributed by atoms with van der Waals surface area (Å²) in [6.07, 6.45) is -4.92. The molecule has 0 radical (unpaired) electrons. The minimum Gasteiger partial charge on any atom is -0.445 e. The number of pyridine rings is 1. The number of nitrogens with two attached hydrogens (primary N) is 2. The van der Waals surface area contributed by atoms with Crippen molar-refractivity contribution in [2.45, 2.75) is 199 Å². The van der Waals surface area contributed by atoms with E-state index in [1.54, 1.807) is 84.9 Å². The van der Waals surface area contributed by atoms with Crippen LogP contribution in [0.5, 0.6) is 0 Å². The van der Waals surface area contributed by atoms with Crippen molar-refractivity contribution in [3.05, 3.63) is 102 Å². The molecular weight excluding hydrogens is 1350 g/mol. The third kappa shape index (κ3) is 28.1. The van der Waals surface area contributed by atoms with E-state index < -0.39 is 204 Å². The van der Waals surface area contributed by atoms with E-state index in [1.807, 2.05) is 5.32 Å². The van der Waals surface area contributed by atoms with Gasteiger partial charge >= 0.3 is 6.09 Å². The number of primary amides is 1. The number of aromatic nitrogens is 1. The Morgan fingerprint density at radius 2 is 1.21 bits per heavy atom. The van der Waals surface area contributed by atoms with Crippen LogP contribution < -0.4 is 80.6 Å². The lowest BCUT2D eigenvalue weighted by atomic mass is 9.87. The van der Waals surface area contributed by atoms with E-state index in [2.05, 4.69) is 68.8 Å². The molecule has 22 N–H and O–H groups in total. The highest BCUT2D eigenvalue weighted by Gasteiger charge is 2.43. The molecule has 1 saturated heterocycles. The lowest BCUT2D eigenvalue weighted by Crippen LogP contribution is -2.65. The fourth-order valence-electron chi connectivity index (χ4n) is 10.8. The zero-order chi connectivity index (χ0) is 77.7. The maximum Gasteiger partial charge on any atom is 0.408 e. The number of ether oxygens (including phenoxy) is 1. The molecule has 0 unspecified atom stereocenters. The number of carbonyl (C=O) groups is 13. The average Bonchev–Trinajstić information content (AvgIpc) is 0.818. The van der Waals surface area contributed by atoms with Crippen LogP contribution in [0.4, 0.5) is 4.79 Å². The van der Waals surface area contributed by atoms with Crippen LogP contribution in [0.2, 0.25) is 0 Å². The molecule has 0 saturated carbocycles. The van der Waals surface area contributed by atoms with E-state index in [-0.39, 0.29) is 57.2 Å². The Labute approximate surface area is 603 Å². The molecule has 2 heterocycles. The highest BCUT2D eigenvalue weighted by Crippen LogP contribution is 2.24. The van der Waals surface area contributed by atoms with E-state index in [4.69, 9.17) is 21.6 Å². The lowest BCUT2D eigenvalue weighted by molar-refractivity contribution is -0.140. The molecule has 0 spiro atoms. The molecule has 2 aromatic carbocycles. The van der Waals surface area contributed by atoms with Crippen molar-refractivity contribution in [3.63, 3.8) is 0 Å².